The van der Waals surface area contributed by atoms with E-state index in [2.05, 4.69) is 21.4 Å². The molecule has 0 aliphatic rings. The molecule has 1 aromatic heterocycles. The second-order valence-corrected chi connectivity index (χ2v) is 4.45. The summed E-state index contributed by atoms with van der Waals surface area (Å²) in [6.45, 7) is 0. The highest BCUT2D eigenvalue weighted by molar-refractivity contribution is 9.10. The summed E-state index contributed by atoms with van der Waals surface area (Å²) in [7, 11) is 0. The van der Waals surface area contributed by atoms with Gasteiger partial charge >= 0.3 is 0 Å². The van der Waals surface area contributed by atoms with Crippen molar-refractivity contribution in [3.05, 3.63) is 57.8 Å². The molecular weight excluding hydrogens is 291 g/mol. The fourth-order valence-corrected chi connectivity index (χ4v) is 2.12. The summed E-state index contributed by atoms with van der Waals surface area (Å²) in [5.41, 5.74) is 3.24. The van der Waals surface area contributed by atoms with E-state index in [9.17, 15) is 4.79 Å². The number of rotatable bonds is 2. The van der Waals surface area contributed by atoms with Gasteiger partial charge in [-0.15, -0.1) is 0 Å². The largest absolute Gasteiger partial charge is 0.271 e. The summed E-state index contributed by atoms with van der Waals surface area (Å²) in [5.74, 6) is -0.195. The molecule has 2 rings (SSSR count). The highest BCUT2D eigenvalue weighted by Crippen LogP contribution is 2.21. The molecule has 16 heavy (non-hydrogen) atoms. The maximum Gasteiger partial charge on any atom is 0.271 e. The average Bonchev–Trinajstić information content (AvgIpc) is 2.70. The molecule has 0 bridgehead atoms. The van der Waals surface area contributed by atoms with Gasteiger partial charge in [-0.2, -0.15) is 0 Å². The third-order valence-electron chi connectivity index (χ3n) is 2.01. The van der Waals surface area contributed by atoms with Gasteiger partial charge < -0.3 is 0 Å². The molecule has 0 spiro atoms. The monoisotopic (exact) mass is 298 g/mol. The summed E-state index contributed by atoms with van der Waals surface area (Å²) < 4.78 is 2.26. The van der Waals surface area contributed by atoms with Gasteiger partial charge in [0.05, 0.1) is 5.56 Å². The molecule has 0 saturated carbocycles. The van der Waals surface area contributed by atoms with Crippen molar-refractivity contribution in [3.63, 3.8) is 0 Å². The van der Waals surface area contributed by atoms with Gasteiger partial charge in [0.2, 0.25) is 0 Å². The van der Waals surface area contributed by atoms with Crippen LogP contribution in [0.2, 0.25) is 5.02 Å². The standard InChI is InChI=1S/C11H8BrClN2O/c12-10-7-8(13)3-4-9(10)11(16)14-15-5-1-2-6-15/h1-7H,(H,14,16). The van der Waals surface area contributed by atoms with Crippen LogP contribution in [0.1, 0.15) is 10.4 Å². The van der Waals surface area contributed by atoms with Crippen molar-refractivity contribution in [1.29, 1.82) is 0 Å². The lowest BCUT2D eigenvalue weighted by atomic mass is 10.2. The lowest BCUT2D eigenvalue weighted by Crippen LogP contribution is -2.21. The second kappa shape index (κ2) is 4.72. The Bertz CT molecular complexity index is 511. The molecule has 2 aromatic rings. The molecular formula is C11H8BrClN2O. The van der Waals surface area contributed by atoms with Gasteiger partial charge in [-0.25, -0.2) is 0 Å². The number of carbonyl (C=O) groups excluding carboxylic acids is 1. The van der Waals surface area contributed by atoms with E-state index >= 15 is 0 Å². The van der Waals surface area contributed by atoms with Crippen LogP contribution in [0.4, 0.5) is 0 Å². The third kappa shape index (κ3) is 2.46. The van der Waals surface area contributed by atoms with E-state index in [1.807, 2.05) is 12.1 Å². The van der Waals surface area contributed by atoms with Crippen molar-refractivity contribution in [2.75, 3.05) is 5.43 Å². The second-order valence-electron chi connectivity index (χ2n) is 3.16. The van der Waals surface area contributed by atoms with Gasteiger partial charge in [0.1, 0.15) is 0 Å². The number of hydrogen-bond acceptors (Lipinski definition) is 1. The molecule has 1 N–H and O–H groups in total. The van der Waals surface area contributed by atoms with Gasteiger partial charge in [0, 0.05) is 21.9 Å². The minimum atomic E-state index is -0.195. The molecule has 0 aliphatic heterocycles. The highest BCUT2D eigenvalue weighted by Gasteiger charge is 2.09. The van der Waals surface area contributed by atoms with Crippen LogP contribution in [-0.4, -0.2) is 10.6 Å². The van der Waals surface area contributed by atoms with E-state index in [0.29, 0.717) is 15.1 Å². The first-order chi connectivity index (χ1) is 7.66. The summed E-state index contributed by atoms with van der Waals surface area (Å²) in [6, 6.07) is 8.70. The van der Waals surface area contributed by atoms with Crippen LogP contribution in [0.5, 0.6) is 0 Å². The van der Waals surface area contributed by atoms with Crippen LogP contribution < -0.4 is 5.43 Å². The third-order valence-corrected chi connectivity index (χ3v) is 2.90. The first-order valence-corrected chi connectivity index (χ1v) is 5.73. The van der Waals surface area contributed by atoms with Gasteiger partial charge in [-0.1, -0.05) is 11.6 Å². The molecule has 0 unspecified atom stereocenters. The van der Waals surface area contributed by atoms with Crippen molar-refractivity contribution < 1.29 is 4.79 Å². The Morgan fingerprint density at radius 3 is 2.62 bits per heavy atom. The van der Waals surface area contributed by atoms with Crippen LogP contribution in [0.15, 0.2) is 47.2 Å². The smallest absolute Gasteiger partial charge is 0.268 e. The van der Waals surface area contributed by atoms with E-state index in [0.717, 1.165) is 0 Å². The zero-order valence-corrected chi connectivity index (χ0v) is 10.5. The Morgan fingerprint density at radius 1 is 1.31 bits per heavy atom. The number of amides is 1. The van der Waals surface area contributed by atoms with Crippen LogP contribution in [-0.2, 0) is 0 Å². The molecule has 0 saturated heterocycles. The fraction of sp³-hybridized carbons (Fsp3) is 0. The summed E-state index contributed by atoms with van der Waals surface area (Å²) in [5, 5.41) is 0.587. The number of hydrogen-bond donors (Lipinski definition) is 1. The van der Waals surface area contributed by atoms with Gasteiger partial charge in [-0.3, -0.25) is 14.9 Å². The predicted octanol–water partition coefficient (Wildman–Crippen LogP) is 3.29. The molecule has 0 radical (unpaired) electrons. The van der Waals surface area contributed by atoms with Crippen LogP contribution >= 0.6 is 27.5 Å². The van der Waals surface area contributed by atoms with Gasteiger partial charge in [-0.05, 0) is 46.3 Å². The number of aromatic nitrogens is 1. The van der Waals surface area contributed by atoms with E-state index in [1.165, 1.54) is 0 Å². The molecule has 0 aliphatic carbocycles. The Balaban J connectivity index is 2.21. The normalized spacial score (nSPS) is 10.1. The van der Waals surface area contributed by atoms with Crippen molar-refractivity contribution in [1.82, 2.24) is 4.68 Å². The Labute approximate surface area is 106 Å². The molecule has 1 aromatic carbocycles. The Kier molecular flexibility index (Phi) is 3.31. The topological polar surface area (TPSA) is 34.0 Å². The molecule has 1 amide bonds. The number of benzene rings is 1. The number of carbonyl (C=O) groups is 1. The van der Waals surface area contributed by atoms with Gasteiger partial charge in [0.25, 0.3) is 5.91 Å². The van der Waals surface area contributed by atoms with Crippen molar-refractivity contribution in [2.45, 2.75) is 0 Å². The fourth-order valence-electron chi connectivity index (χ4n) is 1.26. The maximum absolute atomic E-state index is 11.8. The number of nitrogens with one attached hydrogen (secondary N) is 1. The lowest BCUT2D eigenvalue weighted by Gasteiger charge is -2.07. The van der Waals surface area contributed by atoms with E-state index < -0.39 is 0 Å². The lowest BCUT2D eigenvalue weighted by molar-refractivity contribution is 0.101. The van der Waals surface area contributed by atoms with E-state index in [-0.39, 0.29) is 5.91 Å². The SMILES string of the molecule is O=C(Nn1cccc1)c1ccc(Cl)cc1Br. The first kappa shape index (κ1) is 11.2. The molecule has 82 valence electrons. The Morgan fingerprint density at radius 2 is 2.00 bits per heavy atom. The summed E-state index contributed by atoms with van der Waals surface area (Å²) in [6.07, 6.45) is 3.50. The van der Waals surface area contributed by atoms with Crippen LogP contribution in [0.3, 0.4) is 0 Å². The molecule has 0 atom stereocenters. The zero-order valence-electron chi connectivity index (χ0n) is 8.15. The van der Waals surface area contributed by atoms with Crippen LogP contribution in [0, 0.1) is 0 Å². The van der Waals surface area contributed by atoms with Crippen LogP contribution in [0.25, 0.3) is 0 Å². The van der Waals surface area contributed by atoms with Crippen molar-refractivity contribution in [3.8, 4) is 0 Å². The summed E-state index contributed by atoms with van der Waals surface area (Å²) in [4.78, 5) is 11.8. The number of halogens is 2. The minimum Gasteiger partial charge on any atom is -0.268 e. The zero-order chi connectivity index (χ0) is 11.5. The highest BCUT2D eigenvalue weighted by atomic mass is 79.9. The minimum absolute atomic E-state index is 0.195. The maximum atomic E-state index is 11.8. The average molecular weight is 300 g/mol. The quantitative estimate of drug-likeness (QED) is 0.907. The Hall–Kier alpha value is -1.26. The van der Waals surface area contributed by atoms with Crippen molar-refractivity contribution in [2.24, 2.45) is 0 Å². The van der Waals surface area contributed by atoms with E-state index in [1.54, 1.807) is 35.3 Å². The number of nitrogens with zero attached hydrogens (tertiary/aromatic N) is 1. The summed E-state index contributed by atoms with van der Waals surface area (Å²) >= 11 is 9.09. The first-order valence-electron chi connectivity index (χ1n) is 4.56. The molecule has 3 nitrogen and oxygen atoms in total. The van der Waals surface area contributed by atoms with E-state index in [4.69, 9.17) is 11.6 Å². The molecule has 1 heterocycles. The molecule has 5 heteroatoms. The predicted molar refractivity (Wildman–Crippen MR) is 67.3 cm³/mol. The van der Waals surface area contributed by atoms with Gasteiger partial charge in [0.15, 0.2) is 0 Å². The van der Waals surface area contributed by atoms with Crippen molar-refractivity contribution >= 4 is 33.4 Å². The molecule has 0 fully saturated rings.